The molecule has 2 heterocycles. The second-order valence-corrected chi connectivity index (χ2v) is 8.98. The second kappa shape index (κ2) is 10.2. The van der Waals surface area contributed by atoms with E-state index in [0.29, 0.717) is 13.0 Å². The minimum atomic E-state index is 0.178. The third-order valence-corrected chi connectivity index (χ3v) is 6.48. The van der Waals surface area contributed by atoms with E-state index >= 15 is 0 Å². The summed E-state index contributed by atoms with van der Waals surface area (Å²) in [6.45, 7) is 9.62. The van der Waals surface area contributed by atoms with E-state index in [-0.39, 0.29) is 11.8 Å². The molecule has 170 valence electrons. The number of unbranched alkanes of at least 4 members (excludes halogenated alkanes) is 2. The number of nitrogens with zero attached hydrogens (tertiary/aromatic N) is 3. The Labute approximate surface area is 191 Å². The summed E-state index contributed by atoms with van der Waals surface area (Å²) in [6.07, 6.45) is 4.74. The first-order chi connectivity index (χ1) is 15.6. The SMILES string of the molecule is CCCCN1CC(c2nc3ccccc3n2CCCCOc2c(C)cccc2C)CC1=O. The molecule has 3 aromatic rings. The van der Waals surface area contributed by atoms with E-state index in [1.807, 2.05) is 11.0 Å². The quantitative estimate of drug-likeness (QED) is 0.389. The Hall–Kier alpha value is -2.82. The zero-order chi connectivity index (χ0) is 22.5. The van der Waals surface area contributed by atoms with Crippen molar-refractivity contribution < 1.29 is 9.53 Å². The number of amides is 1. The monoisotopic (exact) mass is 433 g/mol. The lowest BCUT2D eigenvalue weighted by atomic mass is 10.1. The number of aromatic nitrogens is 2. The highest BCUT2D eigenvalue weighted by Crippen LogP contribution is 2.31. The van der Waals surface area contributed by atoms with Gasteiger partial charge in [0.1, 0.15) is 11.6 Å². The van der Waals surface area contributed by atoms with Crippen molar-refractivity contribution >= 4 is 16.9 Å². The van der Waals surface area contributed by atoms with Gasteiger partial charge in [-0.2, -0.15) is 0 Å². The largest absolute Gasteiger partial charge is 0.493 e. The molecule has 1 saturated heterocycles. The van der Waals surface area contributed by atoms with E-state index in [2.05, 4.69) is 61.7 Å². The van der Waals surface area contributed by atoms with Crippen LogP contribution >= 0.6 is 0 Å². The number of hydrogen-bond acceptors (Lipinski definition) is 3. The lowest BCUT2D eigenvalue weighted by molar-refractivity contribution is -0.127. The minimum absolute atomic E-state index is 0.178. The number of rotatable bonds is 10. The predicted molar refractivity (Wildman–Crippen MR) is 129 cm³/mol. The molecule has 0 radical (unpaired) electrons. The first kappa shape index (κ1) is 22.4. The molecule has 0 saturated carbocycles. The van der Waals surface area contributed by atoms with Crippen LogP contribution < -0.4 is 4.74 Å². The fourth-order valence-corrected chi connectivity index (χ4v) is 4.72. The molecule has 0 spiro atoms. The van der Waals surface area contributed by atoms with Crippen molar-refractivity contribution in [1.82, 2.24) is 14.5 Å². The maximum atomic E-state index is 12.6. The fraction of sp³-hybridized carbons (Fsp3) is 0.481. The number of fused-ring (bicyclic) bond motifs is 1. The zero-order valence-corrected chi connectivity index (χ0v) is 19.6. The van der Waals surface area contributed by atoms with Gasteiger partial charge in [0.2, 0.25) is 5.91 Å². The smallest absolute Gasteiger partial charge is 0.223 e. The summed E-state index contributed by atoms with van der Waals surface area (Å²) in [5.74, 6) is 2.52. The van der Waals surface area contributed by atoms with Crippen molar-refractivity contribution in [2.75, 3.05) is 19.7 Å². The van der Waals surface area contributed by atoms with Crippen molar-refractivity contribution in [2.45, 2.75) is 65.3 Å². The highest BCUT2D eigenvalue weighted by molar-refractivity contribution is 5.80. The zero-order valence-electron chi connectivity index (χ0n) is 19.6. The number of carbonyl (C=O) groups excluding carboxylic acids is 1. The number of carbonyl (C=O) groups is 1. The summed E-state index contributed by atoms with van der Waals surface area (Å²) in [7, 11) is 0. The predicted octanol–water partition coefficient (Wildman–Crippen LogP) is 5.63. The summed E-state index contributed by atoms with van der Waals surface area (Å²) in [6, 6.07) is 14.6. The van der Waals surface area contributed by atoms with Crippen molar-refractivity contribution in [2.24, 2.45) is 0 Å². The van der Waals surface area contributed by atoms with Crippen molar-refractivity contribution in [1.29, 1.82) is 0 Å². The van der Waals surface area contributed by atoms with Crippen LogP contribution in [-0.2, 0) is 11.3 Å². The van der Waals surface area contributed by atoms with E-state index in [9.17, 15) is 4.79 Å². The van der Waals surface area contributed by atoms with Gasteiger partial charge < -0.3 is 14.2 Å². The van der Waals surface area contributed by atoms with Gasteiger partial charge in [0, 0.05) is 32.0 Å². The van der Waals surface area contributed by atoms with Gasteiger partial charge in [-0.05, 0) is 56.4 Å². The molecule has 0 aliphatic carbocycles. The summed E-state index contributed by atoms with van der Waals surface area (Å²) < 4.78 is 8.44. The highest BCUT2D eigenvalue weighted by Gasteiger charge is 2.33. The Bertz CT molecular complexity index is 1050. The number of ether oxygens (including phenoxy) is 1. The van der Waals surface area contributed by atoms with Crippen LogP contribution in [0.5, 0.6) is 5.75 Å². The van der Waals surface area contributed by atoms with Gasteiger partial charge in [0.25, 0.3) is 0 Å². The molecule has 1 atom stereocenters. The number of para-hydroxylation sites is 3. The van der Waals surface area contributed by atoms with Gasteiger partial charge in [0.05, 0.1) is 17.6 Å². The topological polar surface area (TPSA) is 47.4 Å². The maximum absolute atomic E-state index is 12.6. The Morgan fingerprint density at radius 2 is 1.78 bits per heavy atom. The van der Waals surface area contributed by atoms with Gasteiger partial charge in [0.15, 0.2) is 0 Å². The molecule has 0 N–H and O–H groups in total. The van der Waals surface area contributed by atoms with Crippen LogP contribution in [0.2, 0.25) is 0 Å². The van der Waals surface area contributed by atoms with Crippen molar-refractivity contribution in [3.63, 3.8) is 0 Å². The lowest BCUT2D eigenvalue weighted by Gasteiger charge is -2.17. The van der Waals surface area contributed by atoms with Crippen molar-refractivity contribution in [3.05, 3.63) is 59.4 Å². The first-order valence-electron chi connectivity index (χ1n) is 12.0. The van der Waals surface area contributed by atoms with Crippen LogP contribution in [0.15, 0.2) is 42.5 Å². The van der Waals surface area contributed by atoms with E-state index in [1.165, 1.54) is 11.1 Å². The third-order valence-electron chi connectivity index (χ3n) is 6.48. The first-order valence-corrected chi connectivity index (χ1v) is 12.0. The van der Waals surface area contributed by atoms with Crippen molar-refractivity contribution in [3.8, 4) is 5.75 Å². The molecular weight excluding hydrogens is 398 g/mol. The molecule has 1 unspecified atom stereocenters. The lowest BCUT2D eigenvalue weighted by Crippen LogP contribution is -2.26. The molecule has 1 aliphatic heterocycles. The second-order valence-electron chi connectivity index (χ2n) is 8.98. The molecule has 0 bridgehead atoms. The number of likely N-dealkylation sites (tertiary alicyclic amines) is 1. The molecule has 5 nitrogen and oxygen atoms in total. The number of benzene rings is 2. The summed E-state index contributed by atoms with van der Waals surface area (Å²) in [4.78, 5) is 19.5. The normalized spacial score (nSPS) is 16.3. The molecule has 32 heavy (non-hydrogen) atoms. The summed E-state index contributed by atoms with van der Waals surface area (Å²) in [5, 5.41) is 0. The van der Waals surface area contributed by atoms with Gasteiger partial charge in [-0.25, -0.2) is 4.98 Å². The summed E-state index contributed by atoms with van der Waals surface area (Å²) >= 11 is 0. The van der Waals surface area contributed by atoms with Crippen LogP contribution in [0.1, 0.15) is 61.9 Å². The Morgan fingerprint density at radius 1 is 1.00 bits per heavy atom. The fourth-order valence-electron chi connectivity index (χ4n) is 4.72. The molecule has 5 heteroatoms. The molecule has 1 amide bonds. The van der Waals surface area contributed by atoms with Crippen LogP contribution in [-0.4, -0.2) is 40.1 Å². The standard InChI is InChI=1S/C27H35N3O2/c1-4-5-15-29-19-22(18-25(29)31)27-28-23-13-6-7-14-24(23)30(27)16-8-9-17-32-26-20(2)11-10-12-21(26)3/h6-7,10-14,22H,4-5,8-9,15-19H2,1-3H3. The molecule has 1 aromatic heterocycles. The van der Waals surface area contributed by atoms with E-state index < -0.39 is 0 Å². The molecule has 2 aromatic carbocycles. The Kier molecular flexibility index (Phi) is 7.13. The van der Waals surface area contributed by atoms with E-state index in [4.69, 9.17) is 9.72 Å². The molecular formula is C27H35N3O2. The van der Waals surface area contributed by atoms with Gasteiger partial charge in [-0.3, -0.25) is 4.79 Å². The average Bonchev–Trinajstić information content (AvgIpc) is 3.34. The van der Waals surface area contributed by atoms with Crippen LogP contribution in [0.4, 0.5) is 0 Å². The van der Waals surface area contributed by atoms with Gasteiger partial charge in [-0.15, -0.1) is 0 Å². The Morgan fingerprint density at radius 3 is 2.56 bits per heavy atom. The number of hydrogen-bond donors (Lipinski definition) is 0. The van der Waals surface area contributed by atoms with Crippen LogP contribution in [0.3, 0.4) is 0 Å². The van der Waals surface area contributed by atoms with E-state index in [1.54, 1.807) is 0 Å². The van der Waals surface area contributed by atoms with Gasteiger partial charge >= 0.3 is 0 Å². The maximum Gasteiger partial charge on any atom is 0.223 e. The van der Waals surface area contributed by atoms with Crippen LogP contribution in [0.25, 0.3) is 11.0 Å². The molecule has 4 rings (SSSR count). The molecule has 1 fully saturated rings. The number of imidazole rings is 1. The summed E-state index contributed by atoms with van der Waals surface area (Å²) in [5.41, 5.74) is 4.56. The third kappa shape index (κ3) is 4.82. The Balaban J connectivity index is 1.42. The highest BCUT2D eigenvalue weighted by atomic mass is 16.5. The van der Waals surface area contributed by atoms with Gasteiger partial charge in [-0.1, -0.05) is 43.7 Å². The molecule has 1 aliphatic rings. The van der Waals surface area contributed by atoms with E-state index in [0.717, 1.165) is 67.9 Å². The average molecular weight is 434 g/mol. The van der Waals surface area contributed by atoms with Crippen LogP contribution in [0, 0.1) is 13.8 Å². The minimum Gasteiger partial charge on any atom is -0.493 e. The number of aryl methyl sites for hydroxylation is 3.